The maximum Gasteiger partial charge on any atom is 0.0973 e. The van der Waals surface area contributed by atoms with Gasteiger partial charge in [0.2, 0.25) is 0 Å². The lowest BCUT2D eigenvalue weighted by atomic mass is 9.93. The van der Waals surface area contributed by atoms with Crippen molar-refractivity contribution in [3.8, 4) is 56.2 Å². The minimum absolute atomic E-state index is 0.849. The molecule has 0 unspecified atom stereocenters. The van der Waals surface area contributed by atoms with Crippen LogP contribution >= 0.6 is 0 Å². The molecule has 0 saturated heterocycles. The molecule has 9 rings (SSSR count). The van der Waals surface area contributed by atoms with E-state index < -0.39 is 0 Å². The summed E-state index contributed by atoms with van der Waals surface area (Å²) in [5.74, 6) is 0. The number of aromatic nitrogens is 3. The topological polar surface area (TPSA) is 38.7 Å². The first-order chi connectivity index (χ1) is 23.8. The molecule has 0 fully saturated rings. The molecular formula is C45H29N3. The molecule has 0 radical (unpaired) electrons. The van der Waals surface area contributed by atoms with E-state index in [2.05, 4.69) is 158 Å². The SMILES string of the molecule is c1ccc(-c2nc(-c3ccccc3)c(-c3ccc(-c4c5ccccc5nc5c4ccc4ccccc45)cc3)nc2-c2ccccc2)cc1. The standard InChI is InChI=1S/C45H29N3/c1-4-15-32(16-5-1)41-42(33-17-6-2-7-18-33)48-44(43(47-41)34-19-8-3-9-20-34)35-26-24-31(25-27-35)40-37-22-12-13-23-39(37)46-45-36-21-11-10-14-30(36)28-29-38(40)45/h1-29H. The number of pyridine rings is 1. The highest BCUT2D eigenvalue weighted by Crippen LogP contribution is 2.40. The van der Waals surface area contributed by atoms with Crippen molar-refractivity contribution < 1.29 is 0 Å². The number of hydrogen-bond donors (Lipinski definition) is 0. The second kappa shape index (κ2) is 11.7. The second-order valence-electron chi connectivity index (χ2n) is 12.0. The van der Waals surface area contributed by atoms with E-state index in [4.69, 9.17) is 15.0 Å². The summed E-state index contributed by atoms with van der Waals surface area (Å²) < 4.78 is 0. The monoisotopic (exact) mass is 611 g/mol. The van der Waals surface area contributed by atoms with Crippen LogP contribution < -0.4 is 0 Å². The largest absolute Gasteiger partial charge is 0.247 e. The van der Waals surface area contributed by atoms with Gasteiger partial charge in [0.15, 0.2) is 0 Å². The van der Waals surface area contributed by atoms with Crippen LogP contribution in [0.3, 0.4) is 0 Å². The van der Waals surface area contributed by atoms with Gasteiger partial charge in [0.1, 0.15) is 0 Å². The van der Waals surface area contributed by atoms with Crippen molar-refractivity contribution >= 4 is 32.6 Å². The predicted octanol–water partition coefficient (Wildman–Crippen LogP) is 11.7. The Morgan fingerprint density at radius 1 is 0.271 bits per heavy atom. The number of fused-ring (bicyclic) bond motifs is 4. The molecule has 3 nitrogen and oxygen atoms in total. The summed E-state index contributed by atoms with van der Waals surface area (Å²) in [5, 5.41) is 4.63. The molecule has 0 aliphatic heterocycles. The van der Waals surface area contributed by atoms with Crippen LogP contribution in [0, 0.1) is 0 Å². The molecule has 48 heavy (non-hydrogen) atoms. The van der Waals surface area contributed by atoms with Gasteiger partial charge in [-0.05, 0) is 17.0 Å². The molecular weight excluding hydrogens is 583 g/mol. The molecule has 0 aliphatic rings. The zero-order valence-electron chi connectivity index (χ0n) is 26.1. The lowest BCUT2D eigenvalue weighted by molar-refractivity contribution is 1.21. The lowest BCUT2D eigenvalue weighted by Gasteiger charge is -2.17. The number of para-hydroxylation sites is 1. The molecule has 2 heterocycles. The third-order valence-electron chi connectivity index (χ3n) is 9.06. The zero-order valence-corrected chi connectivity index (χ0v) is 26.1. The smallest absolute Gasteiger partial charge is 0.0973 e. The molecule has 0 atom stereocenters. The van der Waals surface area contributed by atoms with Gasteiger partial charge in [0, 0.05) is 44.0 Å². The van der Waals surface area contributed by atoms with Crippen LogP contribution in [0.4, 0.5) is 0 Å². The van der Waals surface area contributed by atoms with Crippen LogP contribution in [0.5, 0.6) is 0 Å². The number of rotatable bonds is 5. The Labute approximate surface area is 278 Å². The highest BCUT2D eigenvalue weighted by molar-refractivity contribution is 6.17. The van der Waals surface area contributed by atoms with E-state index in [1.165, 1.54) is 10.9 Å². The van der Waals surface area contributed by atoms with Crippen molar-refractivity contribution in [3.05, 3.63) is 176 Å². The van der Waals surface area contributed by atoms with Crippen molar-refractivity contribution in [2.45, 2.75) is 0 Å². The Kier molecular flexibility index (Phi) is 6.80. The van der Waals surface area contributed by atoms with E-state index in [9.17, 15) is 0 Å². The quantitative estimate of drug-likeness (QED) is 0.144. The van der Waals surface area contributed by atoms with Gasteiger partial charge in [0.25, 0.3) is 0 Å². The summed E-state index contributed by atoms with van der Waals surface area (Å²) in [5.41, 5.74) is 11.9. The van der Waals surface area contributed by atoms with Crippen molar-refractivity contribution in [1.29, 1.82) is 0 Å². The zero-order chi connectivity index (χ0) is 31.9. The minimum Gasteiger partial charge on any atom is -0.247 e. The predicted molar refractivity (Wildman–Crippen MR) is 200 cm³/mol. The molecule has 2 aromatic heterocycles. The van der Waals surface area contributed by atoms with E-state index in [0.29, 0.717) is 0 Å². The van der Waals surface area contributed by atoms with Crippen LogP contribution in [0.1, 0.15) is 0 Å². The van der Waals surface area contributed by atoms with Crippen molar-refractivity contribution in [3.63, 3.8) is 0 Å². The van der Waals surface area contributed by atoms with Crippen molar-refractivity contribution in [2.75, 3.05) is 0 Å². The fourth-order valence-electron chi connectivity index (χ4n) is 6.76. The van der Waals surface area contributed by atoms with Crippen LogP contribution in [0.15, 0.2) is 176 Å². The van der Waals surface area contributed by atoms with Gasteiger partial charge in [-0.2, -0.15) is 0 Å². The van der Waals surface area contributed by atoms with Crippen molar-refractivity contribution in [2.24, 2.45) is 0 Å². The summed E-state index contributed by atoms with van der Waals surface area (Å²) >= 11 is 0. The minimum atomic E-state index is 0.849. The molecule has 0 bridgehead atoms. The molecule has 224 valence electrons. The molecule has 0 aliphatic carbocycles. The molecule has 3 heteroatoms. The van der Waals surface area contributed by atoms with E-state index in [1.54, 1.807) is 0 Å². The number of hydrogen-bond acceptors (Lipinski definition) is 3. The van der Waals surface area contributed by atoms with E-state index in [0.717, 1.165) is 77.8 Å². The van der Waals surface area contributed by atoms with E-state index in [1.807, 2.05) is 18.2 Å². The fourth-order valence-corrected chi connectivity index (χ4v) is 6.76. The Hall–Kier alpha value is -6.45. The molecule has 0 spiro atoms. The molecule has 0 amide bonds. The summed E-state index contributed by atoms with van der Waals surface area (Å²) in [4.78, 5) is 16.0. The first kappa shape index (κ1) is 27.8. The Morgan fingerprint density at radius 3 is 1.27 bits per heavy atom. The van der Waals surface area contributed by atoms with E-state index in [-0.39, 0.29) is 0 Å². The average Bonchev–Trinajstić information content (AvgIpc) is 3.17. The molecule has 7 aromatic carbocycles. The summed E-state index contributed by atoms with van der Waals surface area (Å²) in [6, 6.07) is 61.2. The highest BCUT2D eigenvalue weighted by Gasteiger charge is 2.20. The van der Waals surface area contributed by atoms with Crippen LogP contribution in [-0.4, -0.2) is 15.0 Å². The highest BCUT2D eigenvalue weighted by atomic mass is 14.9. The third kappa shape index (κ3) is 4.81. The van der Waals surface area contributed by atoms with Gasteiger partial charge in [-0.25, -0.2) is 15.0 Å². The maximum atomic E-state index is 5.43. The van der Waals surface area contributed by atoms with Crippen LogP contribution in [0.2, 0.25) is 0 Å². The Bertz CT molecular complexity index is 2580. The summed E-state index contributed by atoms with van der Waals surface area (Å²) in [6.07, 6.45) is 0. The van der Waals surface area contributed by atoms with Gasteiger partial charge in [-0.1, -0.05) is 170 Å². The summed E-state index contributed by atoms with van der Waals surface area (Å²) in [6.45, 7) is 0. The second-order valence-corrected chi connectivity index (χ2v) is 12.0. The first-order valence-corrected chi connectivity index (χ1v) is 16.2. The van der Waals surface area contributed by atoms with Crippen LogP contribution in [0.25, 0.3) is 88.7 Å². The summed E-state index contributed by atoms with van der Waals surface area (Å²) in [7, 11) is 0. The molecule has 9 aromatic rings. The van der Waals surface area contributed by atoms with Gasteiger partial charge in [-0.15, -0.1) is 0 Å². The lowest BCUT2D eigenvalue weighted by Crippen LogP contribution is -2.00. The third-order valence-corrected chi connectivity index (χ3v) is 9.06. The molecule has 0 N–H and O–H groups in total. The number of nitrogens with zero attached hydrogens (tertiary/aromatic N) is 3. The fraction of sp³-hybridized carbons (Fsp3) is 0. The normalized spacial score (nSPS) is 11.3. The molecule has 0 saturated carbocycles. The number of benzene rings is 7. The van der Waals surface area contributed by atoms with Gasteiger partial charge < -0.3 is 0 Å². The van der Waals surface area contributed by atoms with Crippen molar-refractivity contribution in [1.82, 2.24) is 15.0 Å². The van der Waals surface area contributed by atoms with Crippen LogP contribution in [-0.2, 0) is 0 Å². The first-order valence-electron chi connectivity index (χ1n) is 16.2. The Morgan fingerprint density at radius 2 is 0.708 bits per heavy atom. The van der Waals surface area contributed by atoms with Gasteiger partial charge in [-0.3, -0.25) is 0 Å². The van der Waals surface area contributed by atoms with Gasteiger partial charge in [0.05, 0.1) is 33.8 Å². The van der Waals surface area contributed by atoms with E-state index >= 15 is 0 Å². The van der Waals surface area contributed by atoms with Gasteiger partial charge >= 0.3 is 0 Å². The average molecular weight is 612 g/mol. The maximum absolute atomic E-state index is 5.43. The Balaban J connectivity index is 1.27.